The van der Waals surface area contributed by atoms with Crippen molar-refractivity contribution in [2.24, 2.45) is 0 Å². The Morgan fingerprint density at radius 3 is 2.69 bits per heavy atom. The molecule has 0 unspecified atom stereocenters. The van der Waals surface area contributed by atoms with Gasteiger partial charge in [0, 0.05) is 25.2 Å². The molecule has 2 heterocycles. The minimum Gasteiger partial charge on any atom is -0.465 e. The minimum atomic E-state index is -1.01. The monoisotopic (exact) mass is 487 g/mol. The Kier molecular flexibility index (Phi) is 7.15. The molecule has 1 aliphatic heterocycles. The number of carboxylic acid groups (broad SMARTS) is 1. The number of pyridine rings is 1. The van der Waals surface area contributed by atoms with E-state index < -0.39 is 17.5 Å². The van der Waals surface area contributed by atoms with Crippen molar-refractivity contribution in [3.63, 3.8) is 0 Å². The molecule has 4 rings (SSSR count). The van der Waals surface area contributed by atoms with Crippen LogP contribution in [0, 0.1) is 17.1 Å². The molecule has 1 fully saturated rings. The number of halogens is 1. The number of anilines is 1. The molecule has 1 aromatic heterocycles. The largest absolute Gasteiger partial charge is 0.465 e. The lowest BCUT2D eigenvalue weighted by atomic mass is 9.87. The second-order valence-electron chi connectivity index (χ2n) is 8.92. The van der Waals surface area contributed by atoms with Crippen LogP contribution >= 0.6 is 0 Å². The van der Waals surface area contributed by atoms with Crippen molar-refractivity contribution in [1.82, 2.24) is 15.2 Å². The number of benzene rings is 2. The molecule has 0 aliphatic carbocycles. The van der Waals surface area contributed by atoms with Crippen LogP contribution in [-0.2, 0) is 6.42 Å². The van der Waals surface area contributed by atoms with E-state index in [9.17, 15) is 24.3 Å². The molecule has 1 saturated heterocycles. The van der Waals surface area contributed by atoms with Gasteiger partial charge >= 0.3 is 6.09 Å². The van der Waals surface area contributed by atoms with Crippen LogP contribution in [0.4, 0.5) is 15.0 Å². The van der Waals surface area contributed by atoms with E-state index >= 15 is 0 Å². The van der Waals surface area contributed by atoms with Crippen LogP contribution in [0.15, 0.2) is 60.7 Å². The van der Waals surface area contributed by atoms with Crippen molar-refractivity contribution >= 4 is 17.8 Å². The predicted molar refractivity (Wildman–Crippen MR) is 133 cm³/mol. The summed E-state index contributed by atoms with van der Waals surface area (Å²) in [6, 6.07) is 18.8. The number of nitrogens with zero attached hydrogens (tertiary/aromatic N) is 3. The molecule has 3 aromatic rings. The number of hydrogen-bond donors (Lipinski definition) is 3. The van der Waals surface area contributed by atoms with Gasteiger partial charge in [0.25, 0.3) is 5.91 Å². The maximum atomic E-state index is 13.5. The van der Waals surface area contributed by atoms with Gasteiger partial charge in [0.05, 0.1) is 28.4 Å². The van der Waals surface area contributed by atoms with E-state index in [2.05, 4.69) is 21.7 Å². The third-order valence-electron chi connectivity index (χ3n) is 6.44. The van der Waals surface area contributed by atoms with Gasteiger partial charge in [0.1, 0.15) is 11.6 Å². The molecule has 1 aliphatic rings. The molecular weight excluding hydrogens is 461 g/mol. The smallest absolute Gasteiger partial charge is 0.407 e. The zero-order valence-electron chi connectivity index (χ0n) is 19.8. The van der Waals surface area contributed by atoms with E-state index in [0.29, 0.717) is 48.6 Å². The predicted octanol–water partition coefficient (Wildman–Crippen LogP) is 4.29. The molecule has 1 atom stereocenters. The second-order valence-corrected chi connectivity index (χ2v) is 8.92. The van der Waals surface area contributed by atoms with E-state index in [1.54, 1.807) is 43.3 Å². The minimum absolute atomic E-state index is 0.167. The van der Waals surface area contributed by atoms with Crippen LogP contribution in [0.3, 0.4) is 0 Å². The molecule has 0 radical (unpaired) electrons. The highest BCUT2D eigenvalue weighted by Crippen LogP contribution is 2.30. The van der Waals surface area contributed by atoms with Gasteiger partial charge in [0.2, 0.25) is 0 Å². The second kappa shape index (κ2) is 10.4. The van der Waals surface area contributed by atoms with Crippen LogP contribution in [-0.4, -0.2) is 52.2 Å². The highest BCUT2D eigenvalue weighted by Gasteiger charge is 2.43. The molecule has 8 nitrogen and oxygen atoms in total. The summed E-state index contributed by atoms with van der Waals surface area (Å²) in [6.45, 7) is 2.79. The molecule has 0 saturated carbocycles. The fraction of sp³-hybridized carbons (Fsp3) is 0.259. The lowest BCUT2D eigenvalue weighted by molar-refractivity contribution is 0.0129. The SMILES string of the molecule is C[C@]1(CNC(=O)c2ccc(-c3ccccc3C#N)nc2NCCc2cccc(F)c2)CCN1C(=O)O. The number of hydrogen-bond acceptors (Lipinski definition) is 5. The summed E-state index contributed by atoms with van der Waals surface area (Å²) in [7, 11) is 0. The Hall–Kier alpha value is -4.45. The Labute approximate surface area is 208 Å². The first-order valence-corrected chi connectivity index (χ1v) is 11.6. The normalized spacial score (nSPS) is 16.5. The first kappa shape index (κ1) is 24.7. The fourth-order valence-electron chi connectivity index (χ4n) is 4.23. The molecule has 36 heavy (non-hydrogen) atoms. The number of likely N-dealkylation sites (tertiary alicyclic amines) is 1. The Morgan fingerprint density at radius 1 is 1.19 bits per heavy atom. The fourth-order valence-corrected chi connectivity index (χ4v) is 4.23. The lowest BCUT2D eigenvalue weighted by Gasteiger charge is -2.48. The molecule has 3 N–H and O–H groups in total. The van der Waals surface area contributed by atoms with Crippen LogP contribution in [0.25, 0.3) is 11.3 Å². The maximum Gasteiger partial charge on any atom is 0.407 e. The van der Waals surface area contributed by atoms with Gasteiger partial charge in [-0.15, -0.1) is 0 Å². The molecule has 184 valence electrons. The zero-order valence-corrected chi connectivity index (χ0v) is 19.8. The van der Waals surface area contributed by atoms with Crippen molar-refractivity contribution in [2.45, 2.75) is 25.3 Å². The zero-order chi connectivity index (χ0) is 25.7. The highest BCUT2D eigenvalue weighted by atomic mass is 19.1. The van der Waals surface area contributed by atoms with Crippen LogP contribution < -0.4 is 10.6 Å². The first-order chi connectivity index (χ1) is 17.3. The van der Waals surface area contributed by atoms with Crippen LogP contribution in [0.2, 0.25) is 0 Å². The van der Waals surface area contributed by atoms with Crippen molar-refractivity contribution < 1.29 is 19.1 Å². The van der Waals surface area contributed by atoms with Gasteiger partial charge < -0.3 is 20.6 Å². The van der Waals surface area contributed by atoms with Crippen LogP contribution in [0.1, 0.15) is 34.8 Å². The summed E-state index contributed by atoms with van der Waals surface area (Å²) in [5, 5.41) is 24.8. The number of amides is 2. The molecular formula is C27H26FN5O3. The van der Waals surface area contributed by atoms with Gasteiger partial charge in [-0.1, -0.05) is 30.3 Å². The molecule has 2 amide bonds. The van der Waals surface area contributed by atoms with E-state index in [1.807, 2.05) is 12.1 Å². The van der Waals surface area contributed by atoms with Gasteiger partial charge in [-0.25, -0.2) is 14.2 Å². The van der Waals surface area contributed by atoms with Crippen molar-refractivity contribution in [3.8, 4) is 17.3 Å². The van der Waals surface area contributed by atoms with E-state index in [4.69, 9.17) is 0 Å². The third-order valence-corrected chi connectivity index (χ3v) is 6.44. The summed E-state index contributed by atoms with van der Waals surface area (Å²) in [4.78, 5) is 30.5. The van der Waals surface area contributed by atoms with E-state index in [1.165, 1.54) is 17.0 Å². The van der Waals surface area contributed by atoms with Gasteiger partial charge in [-0.05, 0) is 55.7 Å². The number of carbonyl (C=O) groups is 2. The number of rotatable bonds is 8. The molecule has 9 heteroatoms. The van der Waals surface area contributed by atoms with E-state index in [-0.39, 0.29) is 17.9 Å². The molecule has 0 bridgehead atoms. The summed E-state index contributed by atoms with van der Waals surface area (Å²) in [5.74, 6) is -0.391. The van der Waals surface area contributed by atoms with Gasteiger partial charge in [0.15, 0.2) is 0 Å². The number of nitrogens with one attached hydrogen (secondary N) is 2. The molecule has 0 spiro atoms. The quantitative estimate of drug-likeness (QED) is 0.436. The average Bonchev–Trinajstić information content (AvgIpc) is 2.86. The maximum absolute atomic E-state index is 13.5. The van der Waals surface area contributed by atoms with Crippen molar-refractivity contribution in [2.75, 3.05) is 25.0 Å². The number of nitriles is 1. The molecule has 2 aromatic carbocycles. The third kappa shape index (κ3) is 5.28. The number of aromatic nitrogens is 1. The summed E-state index contributed by atoms with van der Waals surface area (Å²) >= 11 is 0. The van der Waals surface area contributed by atoms with Crippen molar-refractivity contribution in [3.05, 3.63) is 83.2 Å². The van der Waals surface area contributed by atoms with Crippen LogP contribution in [0.5, 0.6) is 0 Å². The Bertz CT molecular complexity index is 1340. The number of carbonyl (C=O) groups excluding carboxylic acids is 1. The van der Waals surface area contributed by atoms with E-state index in [0.717, 1.165) is 5.56 Å². The standard InChI is InChI=1S/C27H26FN5O3/c1-27(12-14-33(27)26(35)36)17-31-25(34)22-9-10-23(21-8-3-2-6-19(21)16-29)32-24(22)30-13-11-18-5-4-7-20(28)15-18/h2-10,15H,11-14,17H2,1H3,(H,30,32)(H,31,34)(H,35,36)/t27-/m1/s1. The van der Waals surface area contributed by atoms with Gasteiger partial charge in [-0.3, -0.25) is 4.79 Å². The first-order valence-electron chi connectivity index (χ1n) is 11.6. The summed E-state index contributed by atoms with van der Waals surface area (Å²) in [6.07, 6.45) is 0.144. The summed E-state index contributed by atoms with van der Waals surface area (Å²) in [5.41, 5.74) is 2.05. The Morgan fingerprint density at radius 2 is 2.00 bits per heavy atom. The summed E-state index contributed by atoms with van der Waals surface area (Å²) < 4.78 is 13.5. The van der Waals surface area contributed by atoms with Gasteiger partial charge in [-0.2, -0.15) is 5.26 Å². The van der Waals surface area contributed by atoms with Crippen molar-refractivity contribution in [1.29, 1.82) is 5.26 Å². The Balaban J connectivity index is 1.57. The highest BCUT2D eigenvalue weighted by molar-refractivity contribution is 5.99. The topological polar surface area (TPSA) is 118 Å². The average molecular weight is 488 g/mol. The lowest BCUT2D eigenvalue weighted by Crippen LogP contribution is -2.64.